The van der Waals surface area contributed by atoms with E-state index in [1.54, 1.807) is 6.92 Å². The molecule has 1 aliphatic rings. The number of aromatic amines is 1. The van der Waals surface area contributed by atoms with Gasteiger partial charge in [-0.05, 0) is 40.0 Å². The van der Waals surface area contributed by atoms with Gasteiger partial charge in [-0.15, -0.1) is 0 Å². The molecular formula is C21H34N2O6. The lowest BCUT2D eigenvalue weighted by molar-refractivity contribution is -0.140. The van der Waals surface area contributed by atoms with Gasteiger partial charge < -0.3 is 19.3 Å². The van der Waals surface area contributed by atoms with Crippen molar-refractivity contribution in [3.63, 3.8) is 0 Å². The molecule has 8 nitrogen and oxygen atoms in total. The number of hydrogen-bond acceptors (Lipinski definition) is 6. The Hall–Kier alpha value is -2.06. The average molecular weight is 411 g/mol. The van der Waals surface area contributed by atoms with Crippen LogP contribution < -0.4 is 11.2 Å². The molecule has 8 heteroatoms. The molecule has 1 aromatic rings. The van der Waals surface area contributed by atoms with Crippen molar-refractivity contribution >= 4 is 0 Å². The summed E-state index contributed by atoms with van der Waals surface area (Å²) in [5.74, 6) is 0.117. The van der Waals surface area contributed by atoms with Gasteiger partial charge in [-0.2, -0.15) is 0 Å². The Labute approximate surface area is 171 Å². The monoisotopic (exact) mass is 410 g/mol. The summed E-state index contributed by atoms with van der Waals surface area (Å²) in [6.45, 7) is 11.7. The van der Waals surface area contributed by atoms with Crippen molar-refractivity contribution < 1.29 is 19.3 Å². The van der Waals surface area contributed by atoms with Gasteiger partial charge in [-0.3, -0.25) is 14.3 Å². The third-order valence-corrected chi connectivity index (χ3v) is 5.38. The van der Waals surface area contributed by atoms with E-state index in [0.717, 1.165) is 19.3 Å². The lowest BCUT2D eigenvalue weighted by Gasteiger charge is -2.32. The zero-order chi connectivity index (χ0) is 21.8. The molecule has 1 aliphatic heterocycles. The number of aliphatic hydroxyl groups is 1. The lowest BCUT2D eigenvalue weighted by atomic mass is 9.99. The van der Waals surface area contributed by atoms with E-state index in [1.165, 1.54) is 10.8 Å². The summed E-state index contributed by atoms with van der Waals surface area (Å²) in [6, 6.07) is 0. The number of nitrogens with zero attached hydrogens (tertiary/aromatic N) is 1. The van der Waals surface area contributed by atoms with E-state index in [1.807, 2.05) is 27.7 Å². The van der Waals surface area contributed by atoms with E-state index < -0.39 is 23.1 Å². The Balaban J connectivity index is 2.47. The second-order valence-corrected chi connectivity index (χ2v) is 7.76. The van der Waals surface area contributed by atoms with Crippen molar-refractivity contribution in [3.8, 4) is 0 Å². The van der Waals surface area contributed by atoms with Crippen LogP contribution in [0.3, 0.4) is 0 Å². The van der Waals surface area contributed by atoms with E-state index in [2.05, 4.69) is 11.9 Å². The molecule has 0 aliphatic carbocycles. The van der Waals surface area contributed by atoms with Gasteiger partial charge in [-0.1, -0.05) is 27.2 Å². The standard InChI is InChI=1S/C21H34N2O6/c1-7-10-15(6)27-12-21(9-3)17(28-14(5)8-2)16(24)19(29-21)23-11-13(4)18(25)22-20(23)26/h11,14-15,19,24H,7-10,12H2,1-6H3,(H,22,25,26)/t14?,15?,19-,21-/m1/s1. The Bertz CT molecular complexity index is 842. The van der Waals surface area contributed by atoms with E-state index in [0.29, 0.717) is 17.7 Å². The Kier molecular flexibility index (Phi) is 7.71. The highest BCUT2D eigenvalue weighted by Crippen LogP contribution is 2.43. The smallest absolute Gasteiger partial charge is 0.330 e. The molecule has 0 amide bonds. The molecule has 0 spiro atoms. The first-order valence-electron chi connectivity index (χ1n) is 10.4. The summed E-state index contributed by atoms with van der Waals surface area (Å²) in [6.07, 6.45) is 3.28. The summed E-state index contributed by atoms with van der Waals surface area (Å²) in [5.41, 5.74) is -1.81. The zero-order valence-electron chi connectivity index (χ0n) is 18.3. The second-order valence-electron chi connectivity index (χ2n) is 7.76. The minimum absolute atomic E-state index is 0.0242. The summed E-state index contributed by atoms with van der Waals surface area (Å²) < 4.78 is 19.5. The minimum atomic E-state index is -1.10. The highest BCUT2D eigenvalue weighted by Gasteiger charge is 2.50. The minimum Gasteiger partial charge on any atom is -0.505 e. The largest absolute Gasteiger partial charge is 0.505 e. The third-order valence-electron chi connectivity index (χ3n) is 5.38. The number of H-pyrrole nitrogens is 1. The lowest BCUT2D eigenvalue weighted by Crippen LogP contribution is -2.41. The maximum atomic E-state index is 12.4. The van der Waals surface area contributed by atoms with Gasteiger partial charge in [0, 0.05) is 11.8 Å². The predicted molar refractivity (Wildman–Crippen MR) is 110 cm³/mol. The normalized spacial score (nSPS) is 24.0. The summed E-state index contributed by atoms with van der Waals surface area (Å²) >= 11 is 0. The summed E-state index contributed by atoms with van der Waals surface area (Å²) in [5, 5.41) is 11.0. The molecule has 0 saturated carbocycles. The first-order valence-corrected chi connectivity index (χ1v) is 10.4. The van der Waals surface area contributed by atoms with Crippen molar-refractivity contribution in [3.05, 3.63) is 44.1 Å². The molecule has 2 rings (SSSR count). The fourth-order valence-electron chi connectivity index (χ4n) is 3.28. The summed E-state index contributed by atoms with van der Waals surface area (Å²) in [7, 11) is 0. The first kappa shape index (κ1) is 23.2. The molecule has 164 valence electrons. The molecular weight excluding hydrogens is 376 g/mol. The maximum absolute atomic E-state index is 12.4. The zero-order valence-corrected chi connectivity index (χ0v) is 18.3. The molecule has 0 aromatic carbocycles. The highest BCUT2D eigenvalue weighted by atomic mass is 16.6. The second kappa shape index (κ2) is 9.63. The van der Waals surface area contributed by atoms with Crippen molar-refractivity contribution in [1.29, 1.82) is 0 Å². The van der Waals surface area contributed by atoms with Crippen molar-refractivity contribution in [2.45, 2.75) is 91.3 Å². The van der Waals surface area contributed by atoms with Gasteiger partial charge in [0.2, 0.25) is 6.23 Å². The molecule has 0 bridgehead atoms. The van der Waals surface area contributed by atoms with Crippen molar-refractivity contribution in [2.75, 3.05) is 6.61 Å². The number of rotatable bonds is 10. The van der Waals surface area contributed by atoms with E-state index in [9.17, 15) is 14.7 Å². The third kappa shape index (κ3) is 4.93. The van der Waals surface area contributed by atoms with Gasteiger partial charge >= 0.3 is 5.69 Å². The fourth-order valence-corrected chi connectivity index (χ4v) is 3.28. The maximum Gasteiger partial charge on any atom is 0.330 e. The average Bonchev–Trinajstić information content (AvgIpc) is 2.96. The number of aliphatic hydroxyl groups excluding tert-OH is 1. The van der Waals surface area contributed by atoms with Crippen LogP contribution in [0.1, 0.15) is 72.1 Å². The predicted octanol–water partition coefficient (Wildman–Crippen LogP) is 3.31. The van der Waals surface area contributed by atoms with E-state index in [-0.39, 0.29) is 24.6 Å². The fraction of sp³-hybridized carbons (Fsp3) is 0.714. The molecule has 1 aromatic heterocycles. The molecule has 2 unspecified atom stereocenters. The van der Waals surface area contributed by atoms with Crippen molar-refractivity contribution in [2.24, 2.45) is 0 Å². The van der Waals surface area contributed by atoms with Crippen LogP contribution >= 0.6 is 0 Å². The molecule has 0 radical (unpaired) electrons. The van der Waals surface area contributed by atoms with Crippen LogP contribution in [0.15, 0.2) is 27.3 Å². The van der Waals surface area contributed by atoms with Crippen LogP contribution in [-0.2, 0) is 14.2 Å². The first-order chi connectivity index (χ1) is 13.7. The van der Waals surface area contributed by atoms with Crippen molar-refractivity contribution in [1.82, 2.24) is 9.55 Å². The van der Waals surface area contributed by atoms with E-state index >= 15 is 0 Å². The SMILES string of the molecule is CCCC(C)OC[C@@]1(CC)O[C@@H](n2cc(C)c(=O)[nH]c2=O)C(O)=C1OC(C)CC. The van der Waals surface area contributed by atoms with Gasteiger partial charge in [0.25, 0.3) is 5.56 Å². The van der Waals surface area contributed by atoms with Crippen LogP contribution in [0, 0.1) is 6.92 Å². The molecule has 2 N–H and O–H groups in total. The Morgan fingerprint density at radius 1 is 1.28 bits per heavy atom. The molecule has 29 heavy (non-hydrogen) atoms. The van der Waals surface area contributed by atoms with Crippen LogP contribution in [0.5, 0.6) is 0 Å². The highest BCUT2D eigenvalue weighted by molar-refractivity contribution is 5.23. The van der Waals surface area contributed by atoms with Crippen LogP contribution in [-0.4, -0.2) is 39.1 Å². The quantitative estimate of drug-likeness (QED) is 0.613. The van der Waals surface area contributed by atoms with Gasteiger partial charge in [-0.25, -0.2) is 4.79 Å². The van der Waals surface area contributed by atoms with E-state index in [4.69, 9.17) is 14.2 Å². The molecule has 4 atom stereocenters. The van der Waals surface area contributed by atoms with Crippen LogP contribution in [0.25, 0.3) is 0 Å². The van der Waals surface area contributed by atoms with Crippen LogP contribution in [0.4, 0.5) is 0 Å². The Morgan fingerprint density at radius 3 is 2.55 bits per heavy atom. The van der Waals surface area contributed by atoms with Gasteiger partial charge in [0.15, 0.2) is 17.1 Å². The molecule has 2 heterocycles. The Morgan fingerprint density at radius 2 is 1.97 bits per heavy atom. The number of ether oxygens (including phenoxy) is 3. The van der Waals surface area contributed by atoms with Crippen LogP contribution in [0.2, 0.25) is 0 Å². The molecule has 0 saturated heterocycles. The number of hydrogen-bond donors (Lipinski definition) is 2. The molecule has 0 fully saturated rings. The summed E-state index contributed by atoms with van der Waals surface area (Å²) in [4.78, 5) is 26.4. The number of aryl methyl sites for hydroxylation is 1. The topological polar surface area (TPSA) is 103 Å². The van der Waals surface area contributed by atoms with Gasteiger partial charge in [0.1, 0.15) is 0 Å². The number of aromatic nitrogens is 2. The van der Waals surface area contributed by atoms with Gasteiger partial charge in [0.05, 0.1) is 18.8 Å². The number of nitrogens with one attached hydrogen (secondary N) is 1.